The van der Waals surface area contributed by atoms with E-state index in [0.717, 1.165) is 6.42 Å². The van der Waals surface area contributed by atoms with Gasteiger partial charge in [0.15, 0.2) is 0 Å². The first kappa shape index (κ1) is 30.3. The molecule has 0 radical (unpaired) electrons. The second-order valence-electron chi connectivity index (χ2n) is 10.6. The molecule has 0 N–H and O–H groups in total. The Morgan fingerprint density at radius 2 is 1.12 bits per heavy atom. The number of rotatable bonds is 6. The first-order chi connectivity index (χ1) is 18.5. The van der Waals surface area contributed by atoms with Crippen LogP contribution in [0.3, 0.4) is 0 Å². The minimum atomic E-state index is -2.64. The Balaban J connectivity index is 0.00000185. The fourth-order valence-electron chi connectivity index (χ4n) is 5.93. The first-order valence-electron chi connectivity index (χ1n) is 13.4. The van der Waals surface area contributed by atoms with Crippen molar-refractivity contribution in [3.8, 4) is 11.1 Å². The molecule has 6 rings (SSSR count). The second kappa shape index (κ2) is 12.9. The molecule has 2 aliphatic rings. The largest absolute Gasteiger partial charge is 0.147 e. The number of fused-ring (bicyclic) bond motifs is 3. The van der Waals surface area contributed by atoms with Crippen molar-refractivity contribution in [3.05, 3.63) is 141 Å². The fraction of sp³-hybridized carbons (Fsp3) is 0.171. The van der Waals surface area contributed by atoms with Gasteiger partial charge in [0.05, 0.1) is 0 Å². The van der Waals surface area contributed by atoms with Crippen molar-refractivity contribution >= 4 is 39.4 Å². The van der Waals surface area contributed by atoms with Crippen LogP contribution in [0.1, 0.15) is 32.3 Å². The van der Waals surface area contributed by atoms with E-state index < -0.39 is 21.3 Å². The third kappa shape index (κ3) is 5.57. The Kier molecular flexibility index (Phi) is 9.73. The van der Waals surface area contributed by atoms with Gasteiger partial charge in [0.2, 0.25) is 0 Å². The van der Waals surface area contributed by atoms with Crippen molar-refractivity contribution < 1.29 is 21.3 Å². The summed E-state index contributed by atoms with van der Waals surface area (Å²) in [7, 11) is 8.60. The summed E-state index contributed by atoms with van der Waals surface area (Å²) in [5.74, 6) is 0. The zero-order valence-corrected chi connectivity index (χ0v) is 27.6. The average Bonchev–Trinajstić information content (AvgIpc) is 3.58. The van der Waals surface area contributed by atoms with Crippen molar-refractivity contribution in [3.63, 3.8) is 0 Å². The summed E-state index contributed by atoms with van der Waals surface area (Å²) < 4.78 is 3.67. The molecule has 0 amide bonds. The van der Waals surface area contributed by atoms with E-state index in [1.807, 2.05) is 0 Å². The SMILES string of the molecule is CN(C)c1ccc2c(c1)[CH]([Zr]([C]1=CC=CC1)=[C](c1ccccc1)c1ccccc1)c1cc(N(C)C)ccc1-2.Cl.Cl. The van der Waals surface area contributed by atoms with Gasteiger partial charge in [0.25, 0.3) is 0 Å². The molecule has 2 aliphatic carbocycles. The molecular weight excluding hydrogens is 611 g/mol. The van der Waals surface area contributed by atoms with E-state index in [1.54, 1.807) is 6.49 Å². The molecule has 0 aliphatic heterocycles. The maximum Gasteiger partial charge on any atom is -0.147 e. The van der Waals surface area contributed by atoms with E-state index in [0.29, 0.717) is 3.63 Å². The molecule has 2 nitrogen and oxygen atoms in total. The Hall–Kier alpha value is -2.71. The summed E-state index contributed by atoms with van der Waals surface area (Å²) in [6.45, 7) is 0. The van der Waals surface area contributed by atoms with Crippen LogP contribution in [0.25, 0.3) is 11.1 Å². The predicted molar refractivity (Wildman–Crippen MR) is 175 cm³/mol. The molecule has 4 aromatic carbocycles. The Labute approximate surface area is 259 Å². The molecule has 0 unspecified atom stereocenters. The van der Waals surface area contributed by atoms with Crippen LogP contribution in [0.5, 0.6) is 0 Å². The van der Waals surface area contributed by atoms with Gasteiger partial charge in [0, 0.05) is 0 Å². The van der Waals surface area contributed by atoms with E-state index in [2.05, 4.69) is 153 Å². The molecule has 0 saturated carbocycles. The summed E-state index contributed by atoms with van der Waals surface area (Å²) in [6, 6.07) is 36.6. The van der Waals surface area contributed by atoms with Crippen molar-refractivity contribution in [2.24, 2.45) is 0 Å². The number of anilines is 2. The van der Waals surface area contributed by atoms with Crippen LogP contribution in [0.15, 0.2) is 119 Å². The Bertz CT molecular complexity index is 1490. The molecule has 0 heterocycles. The Morgan fingerprint density at radius 1 is 0.650 bits per heavy atom. The first-order valence-corrected chi connectivity index (χ1v) is 17.2. The molecule has 0 aromatic heterocycles. The zero-order chi connectivity index (χ0) is 26.2. The van der Waals surface area contributed by atoms with Gasteiger partial charge in [-0.1, -0.05) is 0 Å². The number of nitrogens with zero attached hydrogens (tertiary/aromatic N) is 2. The number of halogens is 2. The molecule has 0 atom stereocenters. The van der Waals surface area contributed by atoms with Crippen LogP contribution in [0, 0.1) is 0 Å². The van der Waals surface area contributed by atoms with Crippen LogP contribution in [0.4, 0.5) is 11.4 Å². The topological polar surface area (TPSA) is 6.48 Å². The van der Waals surface area contributed by atoms with Gasteiger partial charge in [-0.2, -0.15) is 0 Å². The molecule has 0 spiro atoms. The van der Waals surface area contributed by atoms with Crippen molar-refractivity contribution in [2.75, 3.05) is 38.0 Å². The summed E-state index contributed by atoms with van der Waals surface area (Å²) in [6.07, 6.45) is 8.16. The van der Waals surface area contributed by atoms with Crippen LogP contribution >= 0.6 is 24.8 Å². The predicted octanol–water partition coefficient (Wildman–Crippen LogP) is 8.46. The number of hydrogen-bond donors (Lipinski definition) is 0. The van der Waals surface area contributed by atoms with E-state index in [1.165, 1.54) is 44.8 Å². The summed E-state index contributed by atoms with van der Waals surface area (Å²) in [5.41, 5.74) is 11.1. The fourth-order valence-corrected chi connectivity index (χ4v) is 14.9. The van der Waals surface area contributed by atoms with Crippen LogP contribution in [0.2, 0.25) is 0 Å². The van der Waals surface area contributed by atoms with Crippen molar-refractivity contribution in [1.82, 2.24) is 0 Å². The van der Waals surface area contributed by atoms with Crippen LogP contribution in [-0.4, -0.2) is 31.4 Å². The zero-order valence-electron chi connectivity index (χ0n) is 23.5. The molecule has 4 aromatic rings. The molecule has 5 heteroatoms. The number of benzene rings is 4. The normalized spacial score (nSPS) is 12.9. The van der Waals surface area contributed by atoms with Gasteiger partial charge in [0.1, 0.15) is 0 Å². The number of hydrogen-bond acceptors (Lipinski definition) is 2. The van der Waals surface area contributed by atoms with Gasteiger partial charge < -0.3 is 0 Å². The molecule has 0 saturated heterocycles. The van der Waals surface area contributed by atoms with E-state index in [9.17, 15) is 0 Å². The number of allylic oxidation sites excluding steroid dienone is 4. The van der Waals surface area contributed by atoms with Gasteiger partial charge in [-0.05, 0) is 0 Å². The molecule has 0 bridgehead atoms. The van der Waals surface area contributed by atoms with Gasteiger partial charge in [-0.15, -0.1) is 24.8 Å². The maximum absolute atomic E-state index is 2.64. The summed E-state index contributed by atoms with van der Waals surface area (Å²) >= 11 is -2.64. The summed E-state index contributed by atoms with van der Waals surface area (Å²) in [5, 5.41) is 0. The third-order valence-electron chi connectivity index (χ3n) is 7.82. The van der Waals surface area contributed by atoms with E-state index in [4.69, 9.17) is 0 Å². The maximum atomic E-state index is 2.48. The van der Waals surface area contributed by atoms with Crippen LogP contribution < -0.4 is 9.80 Å². The van der Waals surface area contributed by atoms with Crippen LogP contribution in [-0.2, 0) is 21.3 Å². The van der Waals surface area contributed by atoms with E-state index >= 15 is 0 Å². The Morgan fingerprint density at radius 3 is 1.52 bits per heavy atom. The quantitative estimate of drug-likeness (QED) is 0.207. The van der Waals surface area contributed by atoms with Crippen molar-refractivity contribution in [1.29, 1.82) is 0 Å². The minimum absolute atomic E-state index is 0. The van der Waals surface area contributed by atoms with Gasteiger partial charge in [-0.3, -0.25) is 0 Å². The van der Waals surface area contributed by atoms with Crippen molar-refractivity contribution in [2.45, 2.75) is 10.0 Å². The third-order valence-corrected chi connectivity index (χ3v) is 16.1. The molecular formula is C35H36Cl2N2Zr. The molecule has 0 fully saturated rings. The standard InChI is InChI=1S/C17H19N2.C13H10.C5H5.2ClH.Zr/c1-18(2)14-5-7-16-12(10-14)9-13-11-15(19(3)4)6-8-17(13)16;1-3-7-12(8-4-1)11-13-9-5-2-6-10-13;1-2-4-5-3-1;;;/h5-11H,1-4H3;1-10H;1-3H,4H2;2*1H;. The summed E-state index contributed by atoms with van der Waals surface area (Å²) in [4.78, 5) is 4.48. The second-order valence-corrected chi connectivity index (χ2v) is 16.9. The molecule has 40 heavy (non-hydrogen) atoms. The van der Waals surface area contributed by atoms with E-state index in [-0.39, 0.29) is 24.8 Å². The average molecular weight is 647 g/mol. The van der Waals surface area contributed by atoms with Gasteiger partial charge >= 0.3 is 236 Å². The molecule has 204 valence electrons. The monoisotopic (exact) mass is 644 g/mol. The van der Waals surface area contributed by atoms with Gasteiger partial charge in [-0.25, -0.2) is 0 Å². The minimum Gasteiger partial charge on any atom is -0.147 e. The smallest absolute Gasteiger partial charge is 0.147 e.